The Morgan fingerprint density at radius 1 is 1.05 bits per heavy atom. The van der Waals surface area contributed by atoms with Crippen molar-refractivity contribution in [3.05, 3.63) is 29.3 Å². The van der Waals surface area contributed by atoms with Gasteiger partial charge in [-0.15, -0.1) is 0 Å². The first-order valence-electron chi connectivity index (χ1n) is 7.32. The largest absolute Gasteiger partial charge is 0.384 e. The van der Waals surface area contributed by atoms with E-state index in [4.69, 9.17) is 4.74 Å². The zero-order valence-electron chi connectivity index (χ0n) is 13.3. The summed E-state index contributed by atoms with van der Waals surface area (Å²) in [4.78, 5) is 0. The van der Waals surface area contributed by atoms with Crippen molar-refractivity contribution in [2.45, 2.75) is 46.5 Å². The maximum Gasteiger partial charge on any atom is 0.0504 e. The summed E-state index contributed by atoms with van der Waals surface area (Å²) in [5.74, 6) is 1.65. The average Bonchev–Trinajstić information content (AvgIpc) is 2.36. The fraction of sp³-hybridized carbons (Fsp3) is 0.647. The fourth-order valence-corrected chi connectivity index (χ4v) is 2.21. The number of ether oxygens (including phenoxy) is 1. The van der Waals surface area contributed by atoms with Gasteiger partial charge in [-0.05, 0) is 34.9 Å². The van der Waals surface area contributed by atoms with Gasteiger partial charge < -0.3 is 10.1 Å². The molecule has 0 saturated carbocycles. The zero-order valence-corrected chi connectivity index (χ0v) is 13.3. The Morgan fingerprint density at radius 2 is 1.74 bits per heavy atom. The second-order valence-corrected chi connectivity index (χ2v) is 6.10. The van der Waals surface area contributed by atoms with Crippen molar-refractivity contribution < 1.29 is 4.74 Å². The van der Waals surface area contributed by atoms with Gasteiger partial charge in [0.2, 0.25) is 0 Å². The highest BCUT2D eigenvalue weighted by Crippen LogP contribution is 2.28. The Labute approximate surface area is 118 Å². The van der Waals surface area contributed by atoms with Crippen LogP contribution in [0.1, 0.15) is 57.6 Å². The van der Waals surface area contributed by atoms with Gasteiger partial charge in [-0.25, -0.2) is 0 Å². The molecule has 0 amide bonds. The number of benzene rings is 1. The van der Waals surface area contributed by atoms with Gasteiger partial charge in [0.25, 0.3) is 0 Å². The number of hydrogen-bond acceptors (Lipinski definition) is 2. The Morgan fingerprint density at radius 3 is 2.26 bits per heavy atom. The minimum Gasteiger partial charge on any atom is -0.384 e. The minimum atomic E-state index is 0.523. The molecule has 108 valence electrons. The molecule has 2 nitrogen and oxygen atoms in total. The Hall–Kier alpha value is -1.02. The molecule has 1 rings (SSSR count). The molecule has 19 heavy (non-hydrogen) atoms. The third kappa shape index (κ3) is 4.87. The monoisotopic (exact) mass is 263 g/mol. The normalized spacial score (nSPS) is 13.1. The van der Waals surface area contributed by atoms with Crippen molar-refractivity contribution in [3.63, 3.8) is 0 Å². The first kappa shape index (κ1) is 16.0. The van der Waals surface area contributed by atoms with Crippen LogP contribution in [-0.4, -0.2) is 20.3 Å². The van der Waals surface area contributed by atoms with E-state index >= 15 is 0 Å². The van der Waals surface area contributed by atoms with Crippen molar-refractivity contribution in [3.8, 4) is 0 Å². The van der Waals surface area contributed by atoms with E-state index in [1.165, 1.54) is 16.8 Å². The number of rotatable bonds is 7. The lowest BCUT2D eigenvalue weighted by molar-refractivity contribution is 0.164. The van der Waals surface area contributed by atoms with Crippen LogP contribution < -0.4 is 5.32 Å². The standard InChI is InChI=1S/C17H29NO/c1-12(2)15-7-8-17(16(9-15)13(3)4)18-10-14(5)11-19-6/h7-9,12-14,18H,10-11H2,1-6H3. The number of methoxy groups -OCH3 is 1. The highest BCUT2D eigenvalue weighted by atomic mass is 16.5. The fourth-order valence-electron chi connectivity index (χ4n) is 2.21. The Balaban J connectivity index is 2.82. The van der Waals surface area contributed by atoms with Crippen LogP contribution in [0.15, 0.2) is 18.2 Å². The molecular formula is C17H29NO. The summed E-state index contributed by atoms with van der Waals surface area (Å²) in [6.07, 6.45) is 0. The van der Waals surface area contributed by atoms with Gasteiger partial charge in [0.15, 0.2) is 0 Å². The van der Waals surface area contributed by atoms with Gasteiger partial charge in [0, 0.05) is 19.3 Å². The molecule has 0 radical (unpaired) electrons. The van der Waals surface area contributed by atoms with E-state index in [9.17, 15) is 0 Å². The van der Waals surface area contributed by atoms with Crippen molar-refractivity contribution >= 4 is 5.69 Å². The van der Waals surface area contributed by atoms with Crippen molar-refractivity contribution in [2.24, 2.45) is 5.92 Å². The summed E-state index contributed by atoms with van der Waals surface area (Å²) in [7, 11) is 1.76. The molecule has 0 spiro atoms. The first-order valence-corrected chi connectivity index (χ1v) is 7.32. The number of anilines is 1. The maximum atomic E-state index is 5.18. The number of nitrogens with one attached hydrogen (secondary N) is 1. The minimum absolute atomic E-state index is 0.523. The summed E-state index contributed by atoms with van der Waals surface area (Å²) in [6.45, 7) is 12.9. The molecule has 1 N–H and O–H groups in total. The quantitative estimate of drug-likeness (QED) is 0.774. The number of hydrogen-bond donors (Lipinski definition) is 1. The third-order valence-corrected chi connectivity index (χ3v) is 3.46. The van der Waals surface area contributed by atoms with E-state index in [-0.39, 0.29) is 0 Å². The molecule has 0 bridgehead atoms. The van der Waals surface area contributed by atoms with Gasteiger partial charge >= 0.3 is 0 Å². The predicted molar refractivity (Wildman–Crippen MR) is 84.1 cm³/mol. The van der Waals surface area contributed by atoms with Crippen LogP contribution in [0.25, 0.3) is 0 Å². The second kappa shape index (κ2) is 7.54. The second-order valence-electron chi connectivity index (χ2n) is 6.10. The van der Waals surface area contributed by atoms with Crippen LogP contribution >= 0.6 is 0 Å². The summed E-state index contributed by atoms with van der Waals surface area (Å²) in [5, 5.41) is 3.57. The lowest BCUT2D eigenvalue weighted by Crippen LogP contribution is -2.16. The lowest BCUT2D eigenvalue weighted by Gasteiger charge is -2.19. The molecule has 0 aliphatic heterocycles. The summed E-state index contributed by atoms with van der Waals surface area (Å²) >= 11 is 0. The van der Waals surface area contributed by atoms with Crippen molar-refractivity contribution in [1.29, 1.82) is 0 Å². The maximum absolute atomic E-state index is 5.18. The van der Waals surface area contributed by atoms with Gasteiger partial charge in [0.05, 0.1) is 6.61 Å². The van der Waals surface area contributed by atoms with E-state index in [1.807, 2.05) is 0 Å². The molecule has 0 heterocycles. The van der Waals surface area contributed by atoms with Gasteiger partial charge in [-0.2, -0.15) is 0 Å². The van der Waals surface area contributed by atoms with Crippen LogP contribution in [0.2, 0.25) is 0 Å². The topological polar surface area (TPSA) is 21.3 Å². The molecule has 1 unspecified atom stereocenters. The molecule has 0 aliphatic carbocycles. The van der Waals surface area contributed by atoms with Crippen molar-refractivity contribution in [2.75, 3.05) is 25.6 Å². The van der Waals surface area contributed by atoms with E-state index in [1.54, 1.807) is 7.11 Å². The molecule has 1 aromatic carbocycles. The molecule has 1 aromatic rings. The summed E-state index contributed by atoms with van der Waals surface area (Å²) < 4.78 is 5.18. The molecule has 0 aliphatic rings. The lowest BCUT2D eigenvalue weighted by atomic mass is 9.94. The van der Waals surface area contributed by atoms with E-state index in [0.29, 0.717) is 17.8 Å². The van der Waals surface area contributed by atoms with Gasteiger partial charge in [0.1, 0.15) is 0 Å². The molecule has 2 heteroatoms. The van der Waals surface area contributed by atoms with E-state index in [0.717, 1.165) is 13.2 Å². The summed E-state index contributed by atoms with van der Waals surface area (Å²) in [6, 6.07) is 6.81. The third-order valence-electron chi connectivity index (χ3n) is 3.46. The highest BCUT2D eigenvalue weighted by molar-refractivity contribution is 5.54. The summed E-state index contributed by atoms with van der Waals surface area (Å²) in [5.41, 5.74) is 4.09. The highest BCUT2D eigenvalue weighted by Gasteiger charge is 2.10. The van der Waals surface area contributed by atoms with E-state index < -0.39 is 0 Å². The molecule has 1 atom stereocenters. The SMILES string of the molecule is COCC(C)CNc1ccc(C(C)C)cc1C(C)C. The smallest absolute Gasteiger partial charge is 0.0504 e. The van der Waals surface area contributed by atoms with Crippen LogP contribution in [0.5, 0.6) is 0 Å². The van der Waals surface area contributed by atoms with Crippen molar-refractivity contribution in [1.82, 2.24) is 0 Å². The van der Waals surface area contributed by atoms with Crippen LogP contribution in [0, 0.1) is 5.92 Å². The Kier molecular flexibility index (Phi) is 6.36. The molecule has 0 fully saturated rings. The van der Waals surface area contributed by atoms with Gasteiger partial charge in [-0.1, -0.05) is 46.8 Å². The first-order chi connectivity index (χ1) is 8.95. The Bertz CT molecular complexity index is 385. The van der Waals surface area contributed by atoms with E-state index in [2.05, 4.69) is 58.1 Å². The predicted octanol–water partition coefficient (Wildman–Crippen LogP) is 4.63. The zero-order chi connectivity index (χ0) is 14.4. The molecule has 0 saturated heterocycles. The van der Waals surface area contributed by atoms with Crippen LogP contribution in [-0.2, 0) is 4.74 Å². The average molecular weight is 263 g/mol. The molecule has 0 aromatic heterocycles. The van der Waals surface area contributed by atoms with Crippen LogP contribution in [0.3, 0.4) is 0 Å². The van der Waals surface area contributed by atoms with Gasteiger partial charge in [-0.3, -0.25) is 0 Å². The molecular weight excluding hydrogens is 234 g/mol. The van der Waals surface area contributed by atoms with Crippen LogP contribution in [0.4, 0.5) is 5.69 Å².